The Labute approximate surface area is 184 Å². The normalized spacial score (nSPS) is 12.4. The third-order valence-corrected chi connectivity index (χ3v) is 6.28. The lowest BCUT2D eigenvalue weighted by atomic mass is 10.1. The van der Waals surface area contributed by atoms with Crippen LogP contribution in [0.3, 0.4) is 0 Å². The monoisotopic (exact) mass is 444 g/mol. The van der Waals surface area contributed by atoms with Crippen molar-refractivity contribution < 1.29 is 18.6 Å². The highest BCUT2D eigenvalue weighted by Gasteiger charge is 2.28. The minimum atomic E-state index is -1.35. The average Bonchev–Trinajstić information content (AvgIpc) is 2.67. The van der Waals surface area contributed by atoms with Crippen molar-refractivity contribution in [1.29, 1.82) is 0 Å². The standard InChI is InChI=1S/C21H41N4O4P/c1-8-10-20(26)23-14-19(15-24-21(27)11-9-2)16-29-30(28-13-12-22-7)25(17(3)4)18(5)6/h17-19H,8-16H2,1-6H3,(H,23,26)(H,24,27). The third-order valence-electron chi connectivity index (χ3n) is 4.20. The van der Waals surface area contributed by atoms with Crippen LogP contribution in [0.4, 0.5) is 0 Å². The predicted octanol–water partition coefficient (Wildman–Crippen LogP) is 3.73. The Morgan fingerprint density at radius 1 is 0.967 bits per heavy atom. The van der Waals surface area contributed by atoms with Crippen molar-refractivity contribution in [3.8, 4) is 0 Å². The molecule has 0 rings (SSSR count). The lowest BCUT2D eigenvalue weighted by Crippen LogP contribution is -2.39. The molecule has 0 radical (unpaired) electrons. The largest absolute Gasteiger partial charge is 0.356 e. The van der Waals surface area contributed by atoms with Gasteiger partial charge in [-0.3, -0.25) is 9.59 Å². The molecule has 1 atom stereocenters. The van der Waals surface area contributed by atoms with Crippen LogP contribution in [0, 0.1) is 12.5 Å². The molecule has 0 aliphatic heterocycles. The van der Waals surface area contributed by atoms with Gasteiger partial charge in [-0.05, 0) is 40.5 Å². The van der Waals surface area contributed by atoms with Crippen LogP contribution in [0.5, 0.6) is 0 Å². The first kappa shape index (κ1) is 28.7. The van der Waals surface area contributed by atoms with Crippen LogP contribution in [-0.4, -0.2) is 61.4 Å². The molecule has 0 heterocycles. The highest BCUT2D eigenvalue weighted by molar-refractivity contribution is 7.44. The molecule has 0 aliphatic carbocycles. The van der Waals surface area contributed by atoms with Gasteiger partial charge in [0, 0.05) is 43.9 Å². The molecule has 0 saturated heterocycles. The Hall–Kier alpha value is -1.26. The van der Waals surface area contributed by atoms with E-state index in [2.05, 4.69) is 47.8 Å². The van der Waals surface area contributed by atoms with E-state index >= 15 is 0 Å². The molecular formula is C21H41N4O4P. The molecule has 0 aromatic heterocycles. The number of hydrogen-bond donors (Lipinski definition) is 2. The summed E-state index contributed by atoms with van der Waals surface area (Å²) in [5.74, 6) is -0.0601. The summed E-state index contributed by atoms with van der Waals surface area (Å²) in [4.78, 5) is 27.1. The molecule has 8 nitrogen and oxygen atoms in total. The number of nitrogens with zero attached hydrogens (tertiary/aromatic N) is 2. The summed E-state index contributed by atoms with van der Waals surface area (Å²) in [6, 6.07) is 0.437. The molecule has 0 fully saturated rings. The van der Waals surface area contributed by atoms with E-state index in [1.54, 1.807) is 0 Å². The fourth-order valence-corrected chi connectivity index (χ4v) is 4.49. The number of amides is 2. The maximum atomic E-state index is 11.9. The van der Waals surface area contributed by atoms with Crippen molar-refractivity contribution in [1.82, 2.24) is 15.3 Å². The summed E-state index contributed by atoms with van der Waals surface area (Å²) in [6.07, 6.45) is 2.55. The minimum Gasteiger partial charge on any atom is -0.356 e. The summed E-state index contributed by atoms with van der Waals surface area (Å²) in [5, 5.41) is 5.87. The molecule has 0 spiro atoms. The second kappa shape index (κ2) is 17.4. The molecule has 30 heavy (non-hydrogen) atoms. The number of rotatable bonds is 17. The topological polar surface area (TPSA) is 84.3 Å². The maximum Gasteiger partial charge on any atom is 0.259 e. The van der Waals surface area contributed by atoms with Crippen LogP contribution in [-0.2, 0) is 18.6 Å². The lowest BCUT2D eigenvalue weighted by molar-refractivity contribution is -0.121. The highest BCUT2D eigenvalue weighted by Crippen LogP contribution is 2.46. The number of carbonyl (C=O) groups excluding carboxylic acids is 2. The first-order valence-corrected chi connectivity index (χ1v) is 12.1. The first-order valence-electron chi connectivity index (χ1n) is 11.0. The van der Waals surface area contributed by atoms with Gasteiger partial charge in [0.1, 0.15) is 6.61 Å². The van der Waals surface area contributed by atoms with Gasteiger partial charge < -0.3 is 24.5 Å². The van der Waals surface area contributed by atoms with E-state index in [1.807, 2.05) is 13.8 Å². The summed E-state index contributed by atoms with van der Waals surface area (Å²) < 4.78 is 14.3. The zero-order chi connectivity index (χ0) is 22.9. The minimum absolute atomic E-state index is 0.00365. The second-order valence-corrected chi connectivity index (χ2v) is 9.24. The Bertz CT molecular complexity index is 496. The van der Waals surface area contributed by atoms with E-state index < -0.39 is 8.53 Å². The molecule has 174 valence electrons. The summed E-state index contributed by atoms with van der Waals surface area (Å²) >= 11 is 0. The van der Waals surface area contributed by atoms with E-state index in [4.69, 9.17) is 15.6 Å². The Kier molecular flexibility index (Phi) is 16.7. The van der Waals surface area contributed by atoms with Gasteiger partial charge >= 0.3 is 0 Å². The Balaban J connectivity index is 5.08. The number of hydrogen-bond acceptors (Lipinski definition) is 5. The van der Waals surface area contributed by atoms with Crippen LogP contribution in [0.15, 0.2) is 0 Å². The van der Waals surface area contributed by atoms with Gasteiger partial charge in [-0.25, -0.2) is 11.2 Å². The Morgan fingerprint density at radius 3 is 1.87 bits per heavy atom. The van der Waals surface area contributed by atoms with Crippen molar-refractivity contribution in [2.45, 2.75) is 79.3 Å². The molecule has 0 aliphatic rings. The van der Waals surface area contributed by atoms with Crippen LogP contribution < -0.4 is 10.6 Å². The fraction of sp³-hybridized carbons (Fsp3) is 0.857. The first-order chi connectivity index (χ1) is 14.3. The summed E-state index contributed by atoms with van der Waals surface area (Å²) in [5.41, 5.74) is 0. The maximum absolute atomic E-state index is 11.9. The molecular weight excluding hydrogens is 403 g/mol. The van der Waals surface area contributed by atoms with Crippen molar-refractivity contribution in [3.63, 3.8) is 0 Å². The molecule has 0 aromatic rings. The van der Waals surface area contributed by atoms with E-state index in [-0.39, 0.29) is 36.4 Å². The van der Waals surface area contributed by atoms with Gasteiger partial charge in [-0.15, -0.1) is 0 Å². The quantitative estimate of drug-likeness (QED) is 0.203. The zero-order valence-electron chi connectivity index (χ0n) is 19.6. The number of nitrogens with one attached hydrogen (secondary N) is 2. The number of carbonyl (C=O) groups is 2. The van der Waals surface area contributed by atoms with Gasteiger partial charge in [-0.2, -0.15) is 0 Å². The fourth-order valence-electron chi connectivity index (χ4n) is 2.82. The van der Waals surface area contributed by atoms with Crippen molar-refractivity contribution >= 4 is 20.3 Å². The Morgan fingerprint density at radius 2 is 1.47 bits per heavy atom. The zero-order valence-corrected chi connectivity index (χ0v) is 20.5. The van der Waals surface area contributed by atoms with Gasteiger partial charge in [0.05, 0.1) is 6.61 Å². The van der Waals surface area contributed by atoms with Gasteiger partial charge in [0.15, 0.2) is 0 Å². The summed E-state index contributed by atoms with van der Waals surface area (Å²) in [7, 11) is -1.35. The van der Waals surface area contributed by atoms with Gasteiger partial charge in [0.25, 0.3) is 8.53 Å². The molecule has 2 N–H and O–H groups in total. The molecule has 1 unspecified atom stereocenters. The van der Waals surface area contributed by atoms with Crippen LogP contribution in [0.2, 0.25) is 0 Å². The molecule has 0 saturated carbocycles. The van der Waals surface area contributed by atoms with Gasteiger partial charge in [-0.1, -0.05) is 13.8 Å². The molecule has 0 aromatic carbocycles. The van der Waals surface area contributed by atoms with Crippen LogP contribution in [0.1, 0.15) is 67.2 Å². The van der Waals surface area contributed by atoms with E-state index in [1.165, 1.54) is 0 Å². The highest BCUT2D eigenvalue weighted by atomic mass is 31.2. The molecule has 2 amide bonds. The van der Waals surface area contributed by atoms with Crippen molar-refractivity contribution in [2.24, 2.45) is 5.92 Å². The van der Waals surface area contributed by atoms with E-state index in [0.717, 1.165) is 12.8 Å². The van der Waals surface area contributed by atoms with E-state index in [0.29, 0.717) is 39.1 Å². The van der Waals surface area contributed by atoms with Crippen molar-refractivity contribution in [2.75, 3.05) is 32.8 Å². The predicted molar refractivity (Wildman–Crippen MR) is 122 cm³/mol. The third kappa shape index (κ3) is 13.1. The van der Waals surface area contributed by atoms with E-state index in [9.17, 15) is 9.59 Å². The summed E-state index contributed by atoms with van der Waals surface area (Å²) in [6.45, 7) is 21.1. The van der Waals surface area contributed by atoms with Crippen LogP contribution >= 0.6 is 8.53 Å². The van der Waals surface area contributed by atoms with Crippen molar-refractivity contribution in [3.05, 3.63) is 11.4 Å². The molecule has 0 bridgehead atoms. The average molecular weight is 445 g/mol. The van der Waals surface area contributed by atoms with Crippen LogP contribution in [0.25, 0.3) is 4.85 Å². The van der Waals surface area contributed by atoms with Gasteiger partial charge in [0.2, 0.25) is 18.4 Å². The SMILES string of the molecule is [C-]#[N+]CCOP(OCC(CNC(=O)CCC)CNC(=O)CCC)N(C(C)C)C(C)C. The smallest absolute Gasteiger partial charge is 0.259 e. The molecule has 9 heteroatoms. The lowest BCUT2D eigenvalue weighted by Gasteiger charge is -2.36. The second-order valence-electron chi connectivity index (χ2n) is 7.79.